The number of ether oxygens (including phenoxy) is 1. The number of Topliss-reactive ketones (excluding diaryl/α,β-unsaturated/α-hetero) is 1. The third-order valence-electron chi connectivity index (χ3n) is 4.43. The predicted octanol–water partition coefficient (Wildman–Crippen LogP) is 3.50. The molecule has 0 unspecified atom stereocenters. The zero-order valence-corrected chi connectivity index (χ0v) is 15.0. The Morgan fingerprint density at radius 1 is 1.00 bits per heavy atom. The highest BCUT2D eigenvalue weighted by atomic mass is 32.2. The number of ketones is 1. The van der Waals surface area contributed by atoms with Crippen LogP contribution < -0.4 is 0 Å². The molecule has 2 aromatic carbocycles. The molecule has 0 radical (unpaired) electrons. The summed E-state index contributed by atoms with van der Waals surface area (Å²) in [5, 5.41) is 0. The van der Waals surface area contributed by atoms with Crippen molar-refractivity contribution >= 4 is 21.4 Å². The van der Waals surface area contributed by atoms with Crippen molar-refractivity contribution in [3.63, 3.8) is 0 Å². The Hall–Kier alpha value is -2.40. The van der Waals surface area contributed by atoms with Crippen LogP contribution in [0.15, 0.2) is 71.1 Å². The Labute approximate surface area is 148 Å². The van der Waals surface area contributed by atoms with E-state index >= 15 is 0 Å². The Balaban J connectivity index is 1.91. The summed E-state index contributed by atoms with van der Waals surface area (Å²) in [6.45, 7) is 3.34. The van der Waals surface area contributed by atoms with Crippen LogP contribution in [0.2, 0.25) is 0 Å². The molecule has 1 aliphatic heterocycles. The first-order valence-electron chi connectivity index (χ1n) is 8.15. The topological polar surface area (TPSA) is 60.4 Å². The molecule has 0 spiro atoms. The first-order valence-corrected chi connectivity index (χ1v) is 9.80. The third kappa shape index (κ3) is 3.51. The van der Waals surface area contributed by atoms with E-state index in [1.807, 2.05) is 37.3 Å². The van der Waals surface area contributed by atoms with Crippen molar-refractivity contribution in [3.05, 3.63) is 71.8 Å². The first-order chi connectivity index (χ1) is 11.9. The molecule has 4 nitrogen and oxygen atoms in total. The van der Waals surface area contributed by atoms with Gasteiger partial charge in [0.15, 0.2) is 15.6 Å². The maximum atomic E-state index is 12.7. The fourth-order valence-electron chi connectivity index (χ4n) is 3.12. The highest BCUT2D eigenvalue weighted by Crippen LogP contribution is 2.38. The molecule has 0 bridgehead atoms. The SMILES string of the molecule is CC(=O)C1=C(c2ccccc2)O[C@H](CS(=O)(=O)c2ccccc2)[C@H]1C. The zero-order valence-electron chi connectivity index (χ0n) is 14.2. The molecule has 0 fully saturated rings. The molecule has 0 N–H and O–H groups in total. The van der Waals surface area contributed by atoms with E-state index in [0.717, 1.165) is 5.56 Å². The maximum Gasteiger partial charge on any atom is 0.182 e. The summed E-state index contributed by atoms with van der Waals surface area (Å²) < 4.78 is 31.3. The highest BCUT2D eigenvalue weighted by molar-refractivity contribution is 7.91. The van der Waals surface area contributed by atoms with Crippen LogP contribution in [0.25, 0.3) is 5.76 Å². The van der Waals surface area contributed by atoms with Crippen LogP contribution in [-0.4, -0.2) is 26.1 Å². The minimum atomic E-state index is -3.49. The first kappa shape index (κ1) is 17.4. The summed E-state index contributed by atoms with van der Waals surface area (Å²) in [4.78, 5) is 12.4. The lowest BCUT2D eigenvalue weighted by Crippen LogP contribution is -2.27. The van der Waals surface area contributed by atoms with E-state index in [1.165, 1.54) is 6.92 Å². The van der Waals surface area contributed by atoms with Gasteiger partial charge in [0, 0.05) is 17.1 Å². The van der Waals surface area contributed by atoms with Crippen LogP contribution in [0, 0.1) is 5.92 Å². The molecular weight excluding hydrogens is 336 g/mol. The highest BCUT2D eigenvalue weighted by Gasteiger charge is 2.39. The molecule has 3 rings (SSSR count). The van der Waals surface area contributed by atoms with Crippen LogP contribution >= 0.6 is 0 Å². The fraction of sp³-hybridized carbons (Fsp3) is 0.250. The molecule has 2 aromatic rings. The van der Waals surface area contributed by atoms with Gasteiger partial charge in [-0.1, -0.05) is 55.5 Å². The summed E-state index contributed by atoms with van der Waals surface area (Å²) >= 11 is 0. The molecular formula is C20H20O4S. The second kappa shape index (κ2) is 6.84. The molecule has 0 saturated heterocycles. The van der Waals surface area contributed by atoms with Gasteiger partial charge in [0.2, 0.25) is 0 Å². The Bertz CT molecular complexity index is 899. The Kier molecular flexibility index (Phi) is 4.77. The Morgan fingerprint density at radius 3 is 2.12 bits per heavy atom. The maximum absolute atomic E-state index is 12.7. The van der Waals surface area contributed by atoms with Crippen LogP contribution in [0.1, 0.15) is 19.4 Å². The van der Waals surface area contributed by atoms with E-state index in [0.29, 0.717) is 11.3 Å². The van der Waals surface area contributed by atoms with Crippen molar-refractivity contribution in [2.75, 3.05) is 5.75 Å². The molecule has 2 atom stereocenters. The van der Waals surface area contributed by atoms with Crippen molar-refractivity contribution < 1.29 is 17.9 Å². The van der Waals surface area contributed by atoms with Crippen LogP contribution in [0.3, 0.4) is 0 Å². The summed E-state index contributed by atoms with van der Waals surface area (Å²) in [6, 6.07) is 17.6. The molecule has 0 aromatic heterocycles. The monoisotopic (exact) mass is 356 g/mol. The quantitative estimate of drug-likeness (QED) is 0.823. The molecule has 1 heterocycles. The number of carbonyl (C=O) groups is 1. The largest absolute Gasteiger partial charge is 0.488 e. The van der Waals surface area contributed by atoms with Gasteiger partial charge in [0.25, 0.3) is 0 Å². The molecule has 25 heavy (non-hydrogen) atoms. The summed E-state index contributed by atoms with van der Waals surface area (Å²) in [5.41, 5.74) is 1.35. The van der Waals surface area contributed by atoms with Gasteiger partial charge in [-0.25, -0.2) is 8.42 Å². The van der Waals surface area contributed by atoms with Crippen molar-refractivity contribution in [3.8, 4) is 0 Å². The molecule has 0 aliphatic carbocycles. The van der Waals surface area contributed by atoms with Gasteiger partial charge < -0.3 is 4.74 Å². The third-order valence-corrected chi connectivity index (χ3v) is 6.19. The molecule has 5 heteroatoms. The fourth-order valence-corrected chi connectivity index (χ4v) is 4.68. The van der Waals surface area contributed by atoms with E-state index in [9.17, 15) is 13.2 Å². The summed E-state index contributed by atoms with van der Waals surface area (Å²) in [5.74, 6) is -0.0447. The lowest BCUT2D eigenvalue weighted by atomic mass is 9.93. The summed E-state index contributed by atoms with van der Waals surface area (Å²) in [7, 11) is -3.49. The number of rotatable bonds is 5. The van der Waals surface area contributed by atoms with Gasteiger partial charge in [0.1, 0.15) is 11.9 Å². The van der Waals surface area contributed by atoms with Gasteiger partial charge in [-0.3, -0.25) is 4.79 Å². The van der Waals surface area contributed by atoms with Crippen molar-refractivity contribution in [2.45, 2.75) is 24.8 Å². The number of sulfone groups is 1. The van der Waals surface area contributed by atoms with Gasteiger partial charge >= 0.3 is 0 Å². The van der Waals surface area contributed by atoms with E-state index in [-0.39, 0.29) is 22.3 Å². The second-order valence-electron chi connectivity index (χ2n) is 6.20. The van der Waals surface area contributed by atoms with Crippen LogP contribution in [0.4, 0.5) is 0 Å². The van der Waals surface area contributed by atoms with Crippen LogP contribution in [0.5, 0.6) is 0 Å². The average Bonchev–Trinajstić information content (AvgIpc) is 2.93. The van der Waals surface area contributed by atoms with Gasteiger partial charge in [-0.05, 0) is 19.1 Å². The van der Waals surface area contributed by atoms with Crippen molar-refractivity contribution in [2.24, 2.45) is 5.92 Å². The minimum absolute atomic E-state index is 0.0917. The van der Waals surface area contributed by atoms with Gasteiger partial charge in [-0.2, -0.15) is 0 Å². The van der Waals surface area contributed by atoms with Crippen molar-refractivity contribution in [1.29, 1.82) is 0 Å². The standard InChI is InChI=1S/C20H20O4S/c1-14-18(13-25(22,23)17-11-7-4-8-12-17)24-20(19(14)15(2)21)16-9-5-3-6-10-16/h3-12,14,18H,13H2,1-2H3/t14-,18-/m1/s1. The minimum Gasteiger partial charge on any atom is -0.488 e. The number of benzene rings is 2. The van der Waals surface area contributed by atoms with Crippen LogP contribution in [-0.2, 0) is 19.4 Å². The second-order valence-corrected chi connectivity index (χ2v) is 8.24. The van der Waals surface area contributed by atoms with Crippen molar-refractivity contribution in [1.82, 2.24) is 0 Å². The van der Waals surface area contributed by atoms with E-state index in [1.54, 1.807) is 30.3 Å². The lowest BCUT2D eigenvalue weighted by Gasteiger charge is -2.17. The molecule has 0 amide bonds. The zero-order chi connectivity index (χ0) is 18.0. The van der Waals surface area contributed by atoms with E-state index in [2.05, 4.69) is 0 Å². The predicted molar refractivity (Wildman–Crippen MR) is 96.6 cm³/mol. The summed E-state index contributed by atoms with van der Waals surface area (Å²) in [6.07, 6.45) is -0.584. The number of hydrogen-bond donors (Lipinski definition) is 0. The molecule has 0 saturated carbocycles. The van der Waals surface area contributed by atoms with E-state index < -0.39 is 15.9 Å². The lowest BCUT2D eigenvalue weighted by molar-refractivity contribution is -0.114. The van der Waals surface area contributed by atoms with Gasteiger partial charge in [0.05, 0.1) is 10.6 Å². The smallest absolute Gasteiger partial charge is 0.182 e. The molecule has 1 aliphatic rings. The van der Waals surface area contributed by atoms with Gasteiger partial charge in [-0.15, -0.1) is 0 Å². The number of hydrogen-bond acceptors (Lipinski definition) is 4. The van der Waals surface area contributed by atoms with E-state index in [4.69, 9.17) is 4.74 Å². The number of carbonyl (C=O) groups excluding carboxylic acids is 1. The average molecular weight is 356 g/mol. The normalized spacial score (nSPS) is 20.4. The molecule has 130 valence electrons. The Morgan fingerprint density at radius 2 is 1.56 bits per heavy atom.